The monoisotopic (exact) mass is 376 g/mol. The molecule has 0 aliphatic heterocycles. The smallest absolute Gasteiger partial charge is 0.0162 e. The van der Waals surface area contributed by atoms with Gasteiger partial charge in [-0.15, -0.1) is 0 Å². The van der Waals surface area contributed by atoms with E-state index in [-0.39, 0.29) is 0 Å². The van der Waals surface area contributed by atoms with E-state index in [4.69, 9.17) is 0 Å². The topological polar surface area (TPSA) is 0 Å². The lowest BCUT2D eigenvalue weighted by Gasteiger charge is -2.29. The summed E-state index contributed by atoms with van der Waals surface area (Å²) >= 11 is 0. The molecular weight excluding hydrogens is 336 g/mol. The van der Waals surface area contributed by atoms with Crippen molar-refractivity contribution in [3.63, 3.8) is 0 Å². The summed E-state index contributed by atoms with van der Waals surface area (Å²) in [5.41, 5.74) is 5.74. The highest BCUT2D eigenvalue weighted by atomic mass is 14.3. The molecule has 1 aliphatic rings. The summed E-state index contributed by atoms with van der Waals surface area (Å²) in [5, 5.41) is 0. The number of unbranched alkanes of at least 4 members (excludes halogenated alkanes) is 3. The van der Waals surface area contributed by atoms with Crippen LogP contribution in [0.4, 0.5) is 0 Å². The van der Waals surface area contributed by atoms with Gasteiger partial charge in [0.2, 0.25) is 0 Å². The highest BCUT2D eigenvalue weighted by molar-refractivity contribution is 5.64. The zero-order valence-electron chi connectivity index (χ0n) is 18.4. The lowest BCUT2D eigenvalue weighted by Crippen LogP contribution is -2.14. The lowest BCUT2D eigenvalue weighted by molar-refractivity contribution is 0.283. The normalized spacial score (nSPS) is 19.9. The Kier molecular flexibility index (Phi) is 8.19. The molecule has 0 atom stereocenters. The fourth-order valence-corrected chi connectivity index (χ4v) is 4.97. The van der Waals surface area contributed by atoms with Crippen molar-refractivity contribution < 1.29 is 0 Å². The molecule has 2 aromatic rings. The van der Waals surface area contributed by atoms with Gasteiger partial charge in [-0.2, -0.15) is 0 Å². The van der Waals surface area contributed by atoms with Gasteiger partial charge in [-0.3, -0.25) is 0 Å². The molecule has 0 radical (unpaired) electrons. The highest BCUT2D eigenvalue weighted by Crippen LogP contribution is 2.38. The Bertz CT molecular complexity index is 669. The van der Waals surface area contributed by atoms with E-state index in [1.165, 1.54) is 80.9 Å². The molecule has 0 bridgehead atoms. The third-order valence-corrected chi connectivity index (χ3v) is 6.64. The molecule has 1 saturated carbocycles. The molecule has 0 aromatic heterocycles. The van der Waals surface area contributed by atoms with Crippen LogP contribution in [0.25, 0.3) is 11.1 Å². The van der Waals surface area contributed by atoms with Gasteiger partial charge in [-0.05, 0) is 85.0 Å². The molecular formula is C28H40. The fourth-order valence-electron chi connectivity index (χ4n) is 4.97. The zero-order chi connectivity index (χ0) is 19.8. The predicted molar refractivity (Wildman–Crippen MR) is 124 cm³/mol. The van der Waals surface area contributed by atoms with Crippen LogP contribution < -0.4 is 0 Å². The minimum Gasteiger partial charge on any atom is -0.0654 e. The first-order valence-corrected chi connectivity index (χ1v) is 11.8. The molecule has 28 heavy (non-hydrogen) atoms. The van der Waals surface area contributed by atoms with Crippen molar-refractivity contribution in [1.82, 2.24) is 0 Å². The van der Waals surface area contributed by atoms with Gasteiger partial charge in [0.15, 0.2) is 0 Å². The first kappa shape index (κ1) is 21.2. The molecule has 0 nitrogen and oxygen atoms in total. The lowest BCUT2D eigenvalue weighted by atomic mass is 9.76. The van der Waals surface area contributed by atoms with Crippen molar-refractivity contribution in [2.24, 2.45) is 11.8 Å². The van der Waals surface area contributed by atoms with Crippen LogP contribution in [-0.4, -0.2) is 0 Å². The van der Waals surface area contributed by atoms with Crippen molar-refractivity contribution in [3.05, 3.63) is 59.7 Å². The van der Waals surface area contributed by atoms with Crippen molar-refractivity contribution in [1.29, 1.82) is 0 Å². The molecule has 0 saturated heterocycles. The Labute approximate surface area is 173 Å². The van der Waals surface area contributed by atoms with Crippen LogP contribution in [-0.2, 0) is 6.42 Å². The van der Waals surface area contributed by atoms with Crippen molar-refractivity contribution in [3.8, 4) is 11.1 Å². The highest BCUT2D eigenvalue weighted by Gasteiger charge is 2.22. The Morgan fingerprint density at radius 3 is 1.93 bits per heavy atom. The summed E-state index contributed by atoms with van der Waals surface area (Å²) in [6.07, 6.45) is 13.6. The number of hydrogen-bond donors (Lipinski definition) is 0. The van der Waals surface area contributed by atoms with Gasteiger partial charge in [0.25, 0.3) is 0 Å². The molecule has 1 fully saturated rings. The van der Waals surface area contributed by atoms with Gasteiger partial charge < -0.3 is 0 Å². The van der Waals surface area contributed by atoms with E-state index >= 15 is 0 Å². The molecule has 152 valence electrons. The molecule has 0 unspecified atom stereocenters. The van der Waals surface area contributed by atoms with Gasteiger partial charge in [0, 0.05) is 0 Å². The van der Waals surface area contributed by atoms with E-state index in [1.807, 2.05) is 0 Å². The molecule has 0 spiro atoms. The first-order valence-electron chi connectivity index (χ1n) is 11.8. The number of rotatable bonds is 9. The average molecular weight is 377 g/mol. The molecule has 1 aliphatic carbocycles. The summed E-state index contributed by atoms with van der Waals surface area (Å²) in [7, 11) is 0. The minimum atomic E-state index is 0.781. The second kappa shape index (κ2) is 10.8. The summed E-state index contributed by atoms with van der Waals surface area (Å²) in [4.78, 5) is 0. The zero-order valence-corrected chi connectivity index (χ0v) is 18.4. The van der Waals surface area contributed by atoms with E-state index in [0.29, 0.717) is 0 Å². The van der Waals surface area contributed by atoms with Crippen molar-refractivity contribution in [2.75, 3.05) is 0 Å². The molecule has 0 heteroatoms. The Morgan fingerprint density at radius 2 is 1.36 bits per heavy atom. The van der Waals surface area contributed by atoms with Gasteiger partial charge in [-0.1, -0.05) is 88.6 Å². The summed E-state index contributed by atoms with van der Waals surface area (Å²) in [6, 6.07) is 18.7. The molecule has 2 aromatic carbocycles. The second-order valence-corrected chi connectivity index (χ2v) is 9.48. The SMILES string of the molecule is CCCCCCc1ccc(-c2ccc(C3CCC(CC(C)C)CC3)cc2)cc1. The van der Waals surface area contributed by atoms with E-state index in [9.17, 15) is 0 Å². The van der Waals surface area contributed by atoms with E-state index in [0.717, 1.165) is 17.8 Å². The van der Waals surface area contributed by atoms with Gasteiger partial charge in [-0.25, -0.2) is 0 Å². The maximum Gasteiger partial charge on any atom is -0.0162 e. The van der Waals surface area contributed by atoms with Gasteiger partial charge in [0.1, 0.15) is 0 Å². The third kappa shape index (κ3) is 6.23. The van der Waals surface area contributed by atoms with Crippen LogP contribution in [0.3, 0.4) is 0 Å². The van der Waals surface area contributed by atoms with Crippen LogP contribution >= 0.6 is 0 Å². The van der Waals surface area contributed by atoms with E-state index in [2.05, 4.69) is 69.3 Å². The minimum absolute atomic E-state index is 0.781. The largest absolute Gasteiger partial charge is 0.0654 e. The number of hydrogen-bond acceptors (Lipinski definition) is 0. The quantitative estimate of drug-likeness (QED) is 0.383. The van der Waals surface area contributed by atoms with Gasteiger partial charge >= 0.3 is 0 Å². The second-order valence-electron chi connectivity index (χ2n) is 9.48. The van der Waals surface area contributed by atoms with Crippen LogP contribution in [0, 0.1) is 11.8 Å². The molecule has 0 amide bonds. The van der Waals surface area contributed by atoms with Crippen molar-refractivity contribution >= 4 is 0 Å². The third-order valence-electron chi connectivity index (χ3n) is 6.64. The predicted octanol–water partition coefficient (Wildman–Crippen LogP) is 8.80. The average Bonchev–Trinajstić information content (AvgIpc) is 2.72. The van der Waals surface area contributed by atoms with Crippen LogP contribution in [0.1, 0.15) is 95.6 Å². The Hall–Kier alpha value is -1.56. The van der Waals surface area contributed by atoms with E-state index in [1.54, 1.807) is 5.56 Å². The van der Waals surface area contributed by atoms with Crippen LogP contribution in [0.15, 0.2) is 48.5 Å². The van der Waals surface area contributed by atoms with E-state index < -0.39 is 0 Å². The molecule has 0 N–H and O–H groups in total. The number of aryl methyl sites for hydroxylation is 1. The summed E-state index contributed by atoms with van der Waals surface area (Å²) < 4.78 is 0. The standard InChI is InChI=1S/C28H40/c1-4-5-6-7-8-23-9-13-25(14-10-23)27-17-19-28(20-18-27)26-15-11-24(12-16-26)21-22(2)3/h9-10,13-14,17-20,22,24,26H,4-8,11-12,15-16,21H2,1-3H3. The van der Waals surface area contributed by atoms with Crippen LogP contribution in [0.2, 0.25) is 0 Å². The molecule has 3 rings (SSSR count). The molecule has 0 heterocycles. The summed E-state index contributed by atoms with van der Waals surface area (Å²) in [5.74, 6) is 2.60. The maximum absolute atomic E-state index is 2.39. The van der Waals surface area contributed by atoms with Crippen LogP contribution in [0.5, 0.6) is 0 Å². The fraction of sp³-hybridized carbons (Fsp3) is 0.571. The maximum atomic E-state index is 2.39. The Balaban J connectivity index is 1.53. The van der Waals surface area contributed by atoms with Crippen molar-refractivity contribution in [2.45, 2.75) is 90.9 Å². The Morgan fingerprint density at radius 1 is 0.750 bits per heavy atom. The number of benzene rings is 2. The first-order chi connectivity index (χ1) is 13.7. The van der Waals surface area contributed by atoms with Gasteiger partial charge in [0.05, 0.1) is 0 Å². The summed E-state index contributed by atoms with van der Waals surface area (Å²) in [6.45, 7) is 7.01.